The maximum Gasteiger partial charge on any atom is 0.314 e. The highest BCUT2D eigenvalue weighted by atomic mass is 16.4. The molecule has 0 radical (unpaired) electrons. The molecule has 2 aliphatic rings. The van der Waals surface area contributed by atoms with E-state index in [2.05, 4.69) is 12.7 Å². The van der Waals surface area contributed by atoms with Crippen molar-refractivity contribution in [3.05, 3.63) is 24.0 Å². The van der Waals surface area contributed by atoms with Crippen LogP contribution in [0.1, 0.15) is 19.3 Å². The summed E-state index contributed by atoms with van der Waals surface area (Å²) in [5.74, 6) is -1.45. The van der Waals surface area contributed by atoms with Crippen LogP contribution in [0.3, 0.4) is 0 Å². The Bertz CT molecular complexity index is 302. The summed E-state index contributed by atoms with van der Waals surface area (Å²) in [4.78, 5) is 11.0. The SMILES string of the molecule is C=C(O)C(C(=O)O)C1CC2=CCC1C2. The topological polar surface area (TPSA) is 57.5 Å². The highest BCUT2D eigenvalue weighted by Gasteiger charge is 2.42. The Labute approximate surface area is 82.7 Å². The summed E-state index contributed by atoms with van der Waals surface area (Å²) in [5.41, 5.74) is 1.35. The Morgan fingerprint density at radius 1 is 1.50 bits per heavy atom. The highest BCUT2D eigenvalue weighted by molar-refractivity contribution is 5.73. The molecule has 2 N–H and O–H groups in total. The van der Waals surface area contributed by atoms with Crippen LogP contribution in [-0.2, 0) is 4.79 Å². The second-order valence-corrected chi connectivity index (χ2v) is 4.24. The summed E-state index contributed by atoms with van der Waals surface area (Å²) in [6.45, 7) is 3.36. The van der Waals surface area contributed by atoms with Gasteiger partial charge < -0.3 is 10.2 Å². The van der Waals surface area contributed by atoms with Crippen molar-refractivity contribution >= 4 is 5.97 Å². The molecule has 0 aliphatic heterocycles. The minimum atomic E-state index is -0.948. The second kappa shape index (κ2) is 3.15. The second-order valence-electron chi connectivity index (χ2n) is 4.24. The summed E-state index contributed by atoms with van der Waals surface area (Å²) in [6.07, 6.45) is 5.00. The fraction of sp³-hybridized carbons (Fsp3) is 0.545. The summed E-state index contributed by atoms with van der Waals surface area (Å²) in [5, 5.41) is 18.3. The normalized spacial score (nSPS) is 31.3. The monoisotopic (exact) mass is 194 g/mol. The molecule has 2 bridgehead atoms. The molecule has 2 aliphatic carbocycles. The third-order valence-corrected chi connectivity index (χ3v) is 3.39. The van der Waals surface area contributed by atoms with Crippen molar-refractivity contribution in [1.82, 2.24) is 0 Å². The van der Waals surface area contributed by atoms with Crippen LogP contribution in [-0.4, -0.2) is 16.2 Å². The number of fused-ring (bicyclic) bond motifs is 2. The van der Waals surface area contributed by atoms with Gasteiger partial charge in [0, 0.05) is 0 Å². The van der Waals surface area contributed by atoms with E-state index in [9.17, 15) is 9.90 Å². The summed E-state index contributed by atoms with van der Waals surface area (Å²) in [6, 6.07) is 0. The molecular weight excluding hydrogens is 180 g/mol. The molecule has 14 heavy (non-hydrogen) atoms. The van der Waals surface area contributed by atoms with Gasteiger partial charge in [-0.2, -0.15) is 0 Å². The molecule has 3 atom stereocenters. The van der Waals surface area contributed by atoms with Crippen molar-refractivity contribution in [2.45, 2.75) is 19.3 Å². The number of aliphatic carboxylic acids is 1. The van der Waals surface area contributed by atoms with E-state index in [0.717, 1.165) is 19.3 Å². The van der Waals surface area contributed by atoms with E-state index in [1.165, 1.54) is 5.57 Å². The molecule has 0 aromatic heterocycles. The quantitative estimate of drug-likeness (QED) is 0.534. The zero-order chi connectivity index (χ0) is 10.3. The van der Waals surface area contributed by atoms with Gasteiger partial charge in [-0.05, 0) is 31.1 Å². The maximum absolute atomic E-state index is 11.0. The Hall–Kier alpha value is -1.25. The fourth-order valence-electron chi connectivity index (χ4n) is 2.75. The molecule has 1 saturated carbocycles. The Morgan fingerprint density at radius 3 is 2.57 bits per heavy atom. The number of carboxylic acids is 1. The van der Waals surface area contributed by atoms with Gasteiger partial charge in [0.2, 0.25) is 0 Å². The fourth-order valence-corrected chi connectivity index (χ4v) is 2.75. The van der Waals surface area contributed by atoms with Crippen LogP contribution in [0.5, 0.6) is 0 Å². The van der Waals surface area contributed by atoms with Gasteiger partial charge in [-0.25, -0.2) is 0 Å². The molecule has 3 heteroatoms. The van der Waals surface area contributed by atoms with E-state index in [1.54, 1.807) is 0 Å². The van der Waals surface area contributed by atoms with Crippen LogP contribution < -0.4 is 0 Å². The molecule has 0 aromatic rings. The van der Waals surface area contributed by atoms with Crippen LogP contribution in [0.2, 0.25) is 0 Å². The van der Waals surface area contributed by atoms with Crippen molar-refractivity contribution < 1.29 is 15.0 Å². The lowest BCUT2D eigenvalue weighted by Gasteiger charge is -2.24. The third kappa shape index (κ3) is 1.33. The number of carbonyl (C=O) groups is 1. The van der Waals surface area contributed by atoms with E-state index < -0.39 is 11.9 Å². The Balaban J connectivity index is 2.17. The van der Waals surface area contributed by atoms with Gasteiger partial charge in [0.15, 0.2) is 0 Å². The molecule has 76 valence electrons. The van der Waals surface area contributed by atoms with Gasteiger partial charge in [-0.15, -0.1) is 0 Å². The van der Waals surface area contributed by atoms with Crippen molar-refractivity contribution in [3.63, 3.8) is 0 Å². The highest BCUT2D eigenvalue weighted by Crippen LogP contribution is 2.48. The molecule has 3 nitrogen and oxygen atoms in total. The summed E-state index contributed by atoms with van der Waals surface area (Å²) in [7, 11) is 0. The Morgan fingerprint density at radius 2 is 2.21 bits per heavy atom. The lowest BCUT2D eigenvalue weighted by Crippen LogP contribution is -2.28. The van der Waals surface area contributed by atoms with Crippen molar-refractivity contribution in [2.75, 3.05) is 0 Å². The van der Waals surface area contributed by atoms with Crippen LogP contribution in [0, 0.1) is 17.8 Å². The van der Waals surface area contributed by atoms with Gasteiger partial charge in [0.1, 0.15) is 5.92 Å². The average Bonchev–Trinajstić information content (AvgIpc) is 2.63. The van der Waals surface area contributed by atoms with Crippen LogP contribution in [0.4, 0.5) is 0 Å². The first-order valence-electron chi connectivity index (χ1n) is 4.88. The first-order valence-corrected chi connectivity index (χ1v) is 4.88. The lowest BCUT2D eigenvalue weighted by molar-refractivity contribution is -0.143. The number of hydrogen-bond donors (Lipinski definition) is 2. The maximum atomic E-state index is 11.0. The molecule has 2 rings (SSSR count). The van der Waals surface area contributed by atoms with Crippen LogP contribution >= 0.6 is 0 Å². The average molecular weight is 194 g/mol. The molecule has 1 fully saturated rings. The minimum Gasteiger partial charge on any atom is -0.512 e. The molecule has 0 aromatic carbocycles. The van der Waals surface area contributed by atoms with Crippen molar-refractivity contribution in [2.24, 2.45) is 17.8 Å². The molecule has 3 unspecified atom stereocenters. The number of hydrogen-bond acceptors (Lipinski definition) is 2. The first kappa shape index (κ1) is 9.31. The summed E-state index contributed by atoms with van der Waals surface area (Å²) < 4.78 is 0. The predicted octanol–water partition coefficient (Wildman–Crippen LogP) is 2.12. The summed E-state index contributed by atoms with van der Waals surface area (Å²) >= 11 is 0. The van der Waals surface area contributed by atoms with Gasteiger partial charge in [0.05, 0.1) is 5.76 Å². The number of carboxylic acid groups (broad SMARTS) is 1. The van der Waals surface area contributed by atoms with Gasteiger partial charge in [-0.1, -0.05) is 18.2 Å². The lowest BCUT2D eigenvalue weighted by atomic mass is 9.80. The van der Waals surface area contributed by atoms with E-state index >= 15 is 0 Å². The predicted molar refractivity (Wildman–Crippen MR) is 51.8 cm³/mol. The number of aliphatic hydroxyl groups is 1. The van der Waals surface area contributed by atoms with Crippen LogP contribution in [0.25, 0.3) is 0 Å². The van der Waals surface area contributed by atoms with E-state index in [-0.39, 0.29) is 11.7 Å². The zero-order valence-corrected chi connectivity index (χ0v) is 7.94. The number of aliphatic hydroxyl groups excluding tert-OH is 1. The van der Waals surface area contributed by atoms with E-state index in [1.807, 2.05) is 0 Å². The standard InChI is InChI=1S/C11H14O3/c1-6(12)10(11(13)14)9-5-7-2-3-8(9)4-7/h2,8-10,12H,1,3-5H2,(H,13,14). The Kier molecular flexibility index (Phi) is 2.10. The van der Waals surface area contributed by atoms with E-state index in [4.69, 9.17) is 5.11 Å². The van der Waals surface area contributed by atoms with Crippen molar-refractivity contribution in [3.8, 4) is 0 Å². The van der Waals surface area contributed by atoms with E-state index in [0.29, 0.717) is 5.92 Å². The molecule has 0 heterocycles. The van der Waals surface area contributed by atoms with Gasteiger partial charge in [0.25, 0.3) is 0 Å². The third-order valence-electron chi connectivity index (χ3n) is 3.39. The molecular formula is C11H14O3. The first-order chi connectivity index (χ1) is 6.59. The number of rotatable bonds is 3. The zero-order valence-electron chi connectivity index (χ0n) is 7.94. The van der Waals surface area contributed by atoms with Crippen molar-refractivity contribution in [1.29, 1.82) is 0 Å². The largest absolute Gasteiger partial charge is 0.512 e. The van der Waals surface area contributed by atoms with Gasteiger partial charge in [-0.3, -0.25) is 4.79 Å². The molecule has 0 saturated heterocycles. The van der Waals surface area contributed by atoms with Crippen LogP contribution in [0.15, 0.2) is 24.0 Å². The van der Waals surface area contributed by atoms with Gasteiger partial charge >= 0.3 is 5.97 Å². The number of allylic oxidation sites excluding steroid dienone is 2. The smallest absolute Gasteiger partial charge is 0.314 e. The minimum absolute atomic E-state index is 0.0602. The molecule has 0 spiro atoms. The molecule has 0 amide bonds.